The van der Waals surface area contributed by atoms with Gasteiger partial charge in [0.25, 0.3) is 7.82 Å². The zero-order chi connectivity index (χ0) is 37.2. The Morgan fingerprint density at radius 2 is 1.08 bits per heavy atom. The van der Waals surface area contributed by atoms with Gasteiger partial charge in [0, 0.05) is 12.8 Å². The number of carbonyl (C=O) groups excluding carboxylic acids is 2. The minimum Gasteiger partial charge on any atom is -0.756 e. The number of ether oxygens (including phenoxy) is 2. The molecule has 0 saturated heterocycles. The lowest BCUT2D eigenvalue weighted by atomic mass is 10.1. The zero-order valence-corrected chi connectivity index (χ0v) is 33.7. The van der Waals surface area contributed by atoms with Crippen LogP contribution in [-0.4, -0.2) is 70.0 Å². The molecule has 0 saturated carbocycles. The van der Waals surface area contributed by atoms with Gasteiger partial charge in [0.2, 0.25) is 0 Å². The van der Waals surface area contributed by atoms with E-state index in [9.17, 15) is 19.0 Å². The second-order valence-electron chi connectivity index (χ2n) is 14.7. The van der Waals surface area contributed by atoms with E-state index in [0.717, 1.165) is 57.8 Å². The van der Waals surface area contributed by atoms with E-state index in [0.29, 0.717) is 23.9 Å². The molecule has 0 aliphatic carbocycles. The summed E-state index contributed by atoms with van der Waals surface area (Å²) in [5.74, 6) is -0.849. The van der Waals surface area contributed by atoms with Gasteiger partial charge in [-0.2, -0.15) is 0 Å². The molecule has 0 radical (unpaired) electrons. The molecule has 10 heteroatoms. The van der Waals surface area contributed by atoms with Crippen LogP contribution in [0.1, 0.15) is 168 Å². The molecule has 0 aromatic rings. The summed E-state index contributed by atoms with van der Waals surface area (Å²) < 4.78 is 33.8. The van der Waals surface area contributed by atoms with Crippen molar-refractivity contribution in [3.63, 3.8) is 0 Å². The molecule has 0 heterocycles. The SMILES string of the molecule is CCCCC/C=C/C/C=C/CCCCCCCC(=O)OC[C@H](COP(=O)([O-])OCC[N+](C)(C)C)OC(=O)CCCCCCCCCCCCC. The Balaban J connectivity index is 4.42. The Labute approximate surface area is 307 Å². The smallest absolute Gasteiger partial charge is 0.306 e. The van der Waals surface area contributed by atoms with Gasteiger partial charge in [0.05, 0.1) is 27.7 Å². The molecule has 0 fully saturated rings. The maximum absolute atomic E-state index is 12.6. The predicted octanol–water partition coefficient (Wildman–Crippen LogP) is 10.2. The van der Waals surface area contributed by atoms with Crippen LogP contribution in [0.4, 0.5) is 0 Å². The van der Waals surface area contributed by atoms with Crippen LogP contribution in [-0.2, 0) is 32.7 Å². The van der Waals surface area contributed by atoms with Crippen molar-refractivity contribution in [1.29, 1.82) is 0 Å². The Kier molecular flexibility index (Phi) is 32.3. The van der Waals surface area contributed by atoms with E-state index in [-0.39, 0.29) is 26.1 Å². The number of likely N-dealkylation sites (N-methyl/N-ethyl adjacent to an activating group) is 1. The quantitative estimate of drug-likeness (QED) is 0.0206. The molecule has 1 unspecified atom stereocenters. The number of phosphoric acid groups is 1. The second-order valence-corrected chi connectivity index (χ2v) is 16.1. The third-order valence-electron chi connectivity index (χ3n) is 8.47. The predicted molar refractivity (Wildman–Crippen MR) is 204 cm³/mol. The van der Waals surface area contributed by atoms with Crippen molar-refractivity contribution in [2.45, 2.75) is 174 Å². The van der Waals surface area contributed by atoms with Gasteiger partial charge in [-0.25, -0.2) is 0 Å². The van der Waals surface area contributed by atoms with Crippen LogP contribution < -0.4 is 4.89 Å². The van der Waals surface area contributed by atoms with Crippen LogP contribution in [0.15, 0.2) is 24.3 Å². The lowest BCUT2D eigenvalue weighted by Gasteiger charge is -2.28. The average molecular weight is 730 g/mol. The minimum absolute atomic E-state index is 0.0316. The van der Waals surface area contributed by atoms with Crippen LogP contribution in [0.5, 0.6) is 0 Å². The number of hydrogen-bond donors (Lipinski definition) is 0. The van der Waals surface area contributed by atoms with Gasteiger partial charge in [-0.05, 0) is 44.9 Å². The van der Waals surface area contributed by atoms with Crippen molar-refractivity contribution in [3.8, 4) is 0 Å². The first kappa shape index (κ1) is 48.5. The first-order valence-corrected chi connectivity index (χ1v) is 21.5. The molecule has 0 N–H and O–H groups in total. The van der Waals surface area contributed by atoms with Gasteiger partial charge < -0.3 is 27.9 Å². The number of nitrogens with zero attached hydrogens (tertiary/aromatic N) is 1. The summed E-state index contributed by atoms with van der Waals surface area (Å²) in [6.45, 7) is 4.17. The molecule has 0 aliphatic rings. The van der Waals surface area contributed by atoms with Crippen molar-refractivity contribution in [3.05, 3.63) is 24.3 Å². The third kappa shape index (κ3) is 36.3. The molecule has 0 rings (SSSR count). The highest BCUT2D eigenvalue weighted by Gasteiger charge is 2.21. The fourth-order valence-electron chi connectivity index (χ4n) is 5.27. The number of rotatable bonds is 36. The van der Waals surface area contributed by atoms with E-state index >= 15 is 0 Å². The summed E-state index contributed by atoms with van der Waals surface area (Å²) in [7, 11) is 1.16. The van der Waals surface area contributed by atoms with E-state index < -0.39 is 32.5 Å². The van der Waals surface area contributed by atoms with E-state index in [1.54, 1.807) is 0 Å². The number of hydrogen-bond acceptors (Lipinski definition) is 8. The van der Waals surface area contributed by atoms with Gasteiger partial charge in [-0.1, -0.05) is 134 Å². The van der Waals surface area contributed by atoms with Gasteiger partial charge in [-0.15, -0.1) is 0 Å². The topological polar surface area (TPSA) is 111 Å². The van der Waals surface area contributed by atoms with Crippen molar-refractivity contribution in [1.82, 2.24) is 0 Å². The summed E-state index contributed by atoms with van der Waals surface area (Å²) in [4.78, 5) is 37.3. The summed E-state index contributed by atoms with van der Waals surface area (Å²) in [6.07, 6.45) is 33.4. The highest BCUT2D eigenvalue weighted by Crippen LogP contribution is 2.38. The summed E-state index contributed by atoms with van der Waals surface area (Å²) in [5, 5.41) is 0. The molecule has 0 aromatic heterocycles. The number of phosphoric ester groups is 1. The number of allylic oxidation sites excluding steroid dienone is 4. The first-order valence-electron chi connectivity index (χ1n) is 20.0. The molecule has 0 spiro atoms. The minimum atomic E-state index is -4.62. The number of esters is 2. The summed E-state index contributed by atoms with van der Waals surface area (Å²) in [5.41, 5.74) is 0. The van der Waals surface area contributed by atoms with Gasteiger partial charge in [-0.3, -0.25) is 14.2 Å². The van der Waals surface area contributed by atoms with Crippen LogP contribution in [0.25, 0.3) is 0 Å². The van der Waals surface area contributed by atoms with Crippen LogP contribution in [0.3, 0.4) is 0 Å². The second kappa shape index (κ2) is 33.3. The molecule has 0 aliphatic heterocycles. The molecule has 0 amide bonds. The fourth-order valence-corrected chi connectivity index (χ4v) is 6.00. The monoisotopic (exact) mass is 730 g/mol. The van der Waals surface area contributed by atoms with E-state index in [4.69, 9.17) is 18.5 Å². The Morgan fingerprint density at radius 3 is 1.62 bits per heavy atom. The Hall–Kier alpha value is -1.51. The number of quaternary nitrogens is 1. The third-order valence-corrected chi connectivity index (χ3v) is 9.44. The zero-order valence-electron chi connectivity index (χ0n) is 32.8. The number of unbranched alkanes of at least 4 members (excludes halogenated alkanes) is 18. The average Bonchev–Trinajstić information content (AvgIpc) is 3.06. The first-order chi connectivity index (χ1) is 24.0. The molecule has 294 valence electrons. The molecule has 0 aromatic carbocycles. The van der Waals surface area contributed by atoms with Crippen molar-refractivity contribution in [2.75, 3.05) is 47.5 Å². The number of carbonyl (C=O) groups is 2. The molecule has 50 heavy (non-hydrogen) atoms. The van der Waals surface area contributed by atoms with Crippen molar-refractivity contribution >= 4 is 19.8 Å². The molecule has 2 atom stereocenters. The fraction of sp³-hybridized carbons (Fsp3) is 0.850. The Bertz CT molecular complexity index is 918. The highest BCUT2D eigenvalue weighted by molar-refractivity contribution is 7.45. The van der Waals surface area contributed by atoms with Gasteiger partial charge in [0.15, 0.2) is 6.10 Å². The normalized spacial score (nSPS) is 14.0. The molecular weight excluding hydrogens is 653 g/mol. The Morgan fingerprint density at radius 1 is 0.620 bits per heavy atom. The lowest BCUT2D eigenvalue weighted by molar-refractivity contribution is -0.870. The van der Waals surface area contributed by atoms with Crippen LogP contribution in [0, 0.1) is 0 Å². The van der Waals surface area contributed by atoms with Crippen LogP contribution in [0.2, 0.25) is 0 Å². The lowest BCUT2D eigenvalue weighted by Crippen LogP contribution is -2.37. The van der Waals surface area contributed by atoms with Crippen LogP contribution >= 0.6 is 7.82 Å². The van der Waals surface area contributed by atoms with Crippen molar-refractivity contribution in [2.24, 2.45) is 0 Å². The van der Waals surface area contributed by atoms with E-state index in [1.165, 1.54) is 70.6 Å². The molecular formula is C40H76NO8P. The summed E-state index contributed by atoms with van der Waals surface area (Å²) >= 11 is 0. The maximum Gasteiger partial charge on any atom is 0.306 e. The maximum atomic E-state index is 12.6. The largest absolute Gasteiger partial charge is 0.756 e. The molecule has 9 nitrogen and oxygen atoms in total. The van der Waals surface area contributed by atoms with E-state index in [2.05, 4.69) is 38.2 Å². The van der Waals surface area contributed by atoms with E-state index in [1.807, 2.05) is 21.1 Å². The standard InChI is InChI=1S/C40H76NO8P/c1-6-8-10-12-14-16-18-19-20-21-23-24-26-28-30-32-39(42)46-36-38(37-48-50(44,45)47-35-34-41(3,4)5)49-40(43)33-31-29-27-25-22-17-15-13-11-9-7-2/h14,16,19-20,38H,6-13,15,17-18,21-37H2,1-5H3/b16-14+,20-19+/t38-/m1/s1. The van der Waals surface area contributed by atoms with Gasteiger partial charge in [0.1, 0.15) is 19.8 Å². The highest BCUT2D eigenvalue weighted by atomic mass is 31.2. The molecule has 0 bridgehead atoms. The van der Waals surface area contributed by atoms with Crippen molar-refractivity contribution < 1.29 is 42.1 Å². The van der Waals surface area contributed by atoms with Gasteiger partial charge >= 0.3 is 11.9 Å². The summed E-state index contributed by atoms with van der Waals surface area (Å²) in [6, 6.07) is 0.